The molecule has 0 N–H and O–H groups in total. The molecule has 4 rings (SSSR count). The molecule has 2 heterocycles. The molecule has 154 valence electrons. The van der Waals surface area contributed by atoms with Crippen LogP contribution in [0.3, 0.4) is 0 Å². The van der Waals surface area contributed by atoms with Gasteiger partial charge in [0.1, 0.15) is 5.70 Å². The van der Waals surface area contributed by atoms with Crippen LogP contribution in [0.25, 0.3) is 5.57 Å². The number of rotatable bonds is 5. The SMILES string of the molecule is C=CCN1C(=O)C(c2ccc(C)cc2C)=C(N2CCN(c3ccccc3)CC2)C1=O. The summed E-state index contributed by atoms with van der Waals surface area (Å²) in [6.45, 7) is 11.0. The van der Waals surface area contributed by atoms with Crippen molar-refractivity contribution in [2.75, 3.05) is 37.6 Å². The fourth-order valence-electron chi connectivity index (χ4n) is 4.32. The van der Waals surface area contributed by atoms with Crippen LogP contribution in [0.5, 0.6) is 0 Å². The Hall–Kier alpha value is -3.34. The molecular formula is C25H27N3O2. The lowest BCUT2D eigenvalue weighted by Crippen LogP contribution is -2.47. The van der Waals surface area contributed by atoms with Gasteiger partial charge in [-0.15, -0.1) is 6.58 Å². The number of para-hydroxylation sites is 1. The van der Waals surface area contributed by atoms with Gasteiger partial charge in [0.05, 0.1) is 5.57 Å². The zero-order valence-corrected chi connectivity index (χ0v) is 17.6. The average Bonchev–Trinajstić information content (AvgIpc) is 2.99. The molecule has 2 aromatic rings. The van der Waals surface area contributed by atoms with Crippen LogP contribution in [0.2, 0.25) is 0 Å². The number of hydrogen-bond acceptors (Lipinski definition) is 4. The number of piperazine rings is 1. The fraction of sp³-hybridized carbons (Fsp3) is 0.280. The zero-order chi connectivity index (χ0) is 21.3. The summed E-state index contributed by atoms with van der Waals surface area (Å²) in [7, 11) is 0. The van der Waals surface area contributed by atoms with Crippen LogP contribution in [0.1, 0.15) is 16.7 Å². The first-order chi connectivity index (χ1) is 14.5. The molecular weight excluding hydrogens is 374 g/mol. The first-order valence-electron chi connectivity index (χ1n) is 10.3. The molecule has 0 aromatic heterocycles. The van der Waals surface area contributed by atoms with Crippen molar-refractivity contribution in [2.24, 2.45) is 0 Å². The van der Waals surface area contributed by atoms with Gasteiger partial charge in [-0.1, -0.05) is 48.0 Å². The van der Waals surface area contributed by atoms with Crippen molar-refractivity contribution in [3.8, 4) is 0 Å². The minimum atomic E-state index is -0.229. The Labute approximate surface area is 177 Å². The van der Waals surface area contributed by atoms with Crippen LogP contribution < -0.4 is 4.90 Å². The predicted molar refractivity (Wildman–Crippen MR) is 120 cm³/mol. The highest BCUT2D eigenvalue weighted by molar-refractivity contribution is 6.35. The number of aryl methyl sites for hydroxylation is 2. The molecule has 5 nitrogen and oxygen atoms in total. The summed E-state index contributed by atoms with van der Waals surface area (Å²) in [6, 6.07) is 16.3. The largest absolute Gasteiger partial charge is 0.368 e. The van der Waals surface area contributed by atoms with Gasteiger partial charge in [-0.2, -0.15) is 0 Å². The van der Waals surface area contributed by atoms with E-state index in [9.17, 15) is 9.59 Å². The summed E-state index contributed by atoms with van der Waals surface area (Å²) in [5.74, 6) is -0.449. The topological polar surface area (TPSA) is 43.9 Å². The lowest BCUT2D eigenvalue weighted by molar-refractivity contribution is -0.136. The summed E-state index contributed by atoms with van der Waals surface area (Å²) < 4.78 is 0. The van der Waals surface area contributed by atoms with Crippen molar-refractivity contribution in [3.63, 3.8) is 0 Å². The van der Waals surface area contributed by atoms with Gasteiger partial charge in [0, 0.05) is 38.4 Å². The Morgan fingerprint density at radius 1 is 0.900 bits per heavy atom. The number of nitrogens with zero attached hydrogens (tertiary/aromatic N) is 3. The van der Waals surface area contributed by atoms with Crippen LogP contribution >= 0.6 is 0 Å². The summed E-state index contributed by atoms with van der Waals surface area (Å²) in [5.41, 5.74) is 5.21. The van der Waals surface area contributed by atoms with E-state index in [1.165, 1.54) is 10.6 Å². The van der Waals surface area contributed by atoms with Gasteiger partial charge in [0.15, 0.2) is 0 Å². The van der Waals surface area contributed by atoms with Crippen molar-refractivity contribution < 1.29 is 9.59 Å². The third-order valence-electron chi connectivity index (χ3n) is 5.82. The van der Waals surface area contributed by atoms with Crippen LogP contribution in [0.4, 0.5) is 5.69 Å². The molecule has 2 aliphatic heterocycles. The van der Waals surface area contributed by atoms with Crippen molar-refractivity contribution in [1.29, 1.82) is 0 Å². The van der Waals surface area contributed by atoms with E-state index in [0.29, 0.717) is 24.4 Å². The number of hydrogen-bond donors (Lipinski definition) is 0. The van der Waals surface area contributed by atoms with E-state index in [4.69, 9.17) is 0 Å². The molecule has 0 atom stereocenters. The van der Waals surface area contributed by atoms with Gasteiger partial charge in [0.25, 0.3) is 11.8 Å². The van der Waals surface area contributed by atoms with Crippen molar-refractivity contribution >= 4 is 23.1 Å². The van der Waals surface area contributed by atoms with E-state index in [1.807, 2.05) is 44.2 Å². The molecule has 0 bridgehead atoms. The van der Waals surface area contributed by atoms with Crippen molar-refractivity contribution in [2.45, 2.75) is 13.8 Å². The van der Waals surface area contributed by atoms with E-state index >= 15 is 0 Å². The monoisotopic (exact) mass is 401 g/mol. The molecule has 1 fully saturated rings. The number of anilines is 1. The summed E-state index contributed by atoms with van der Waals surface area (Å²) in [4.78, 5) is 32.2. The number of carbonyl (C=O) groups is 2. The molecule has 2 aliphatic rings. The summed E-state index contributed by atoms with van der Waals surface area (Å²) in [5, 5.41) is 0. The number of imide groups is 1. The van der Waals surface area contributed by atoms with Crippen LogP contribution in [0, 0.1) is 13.8 Å². The predicted octanol–water partition coefficient (Wildman–Crippen LogP) is 3.39. The third kappa shape index (κ3) is 3.52. The van der Waals surface area contributed by atoms with Gasteiger partial charge < -0.3 is 9.80 Å². The van der Waals surface area contributed by atoms with Crippen LogP contribution in [-0.2, 0) is 9.59 Å². The highest BCUT2D eigenvalue weighted by Gasteiger charge is 2.42. The Balaban J connectivity index is 1.68. The van der Waals surface area contributed by atoms with E-state index in [0.717, 1.165) is 29.8 Å². The molecule has 2 aromatic carbocycles. The number of carbonyl (C=O) groups excluding carboxylic acids is 2. The van der Waals surface area contributed by atoms with Crippen molar-refractivity contribution in [1.82, 2.24) is 9.80 Å². The Kier molecular flexibility index (Phi) is 5.44. The Morgan fingerprint density at radius 3 is 2.20 bits per heavy atom. The highest BCUT2D eigenvalue weighted by Crippen LogP contribution is 2.34. The minimum Gasteiger partial charge on any atom is -0.368 e. The summed E-state index contributed by atoms with van der Waals surface area (Å²) in [6.07, 6.45) is 1.60. The fourth-order valence-corrected chi connectivity index (χ4v) is 4.32. The maximum Gasteiger partial charge on any atom is 0.278 e. The first-order valence-corrected chi connectivity index (χ1v) is 10.3. The smallest absolute Gasteiger partial charge is 0.278 e. The lowest BCUT2D eigenvalue weighted by atomic mass is 9.97. The van der Waals surface area contributed by atoms with Gasteiger partial charge in [0.2, 0.25) is 0 Å². The maximum atomic E-state index is 13.3. The van der Waals surface area contributed by atoms with Gasteiger partial charge in [-0.25, -0.2) is 0 Å². The van der Waals surface area contributed by atoms with E-state index in [-0.39, 0.29) is 18.4 Å². The molecule has 30 heavy (non-hydrogen) atoms. The second kappa shape index (κ2) is 8.19. The third-order valence-corrected chi connectivity index (χ3v) is 5.82. The van der Waals surface area contributed by atoms with Gasteiger partial charge in [-0.05, 0) is 37.1 Å². The second-order valence-corrected chi connectivity index (χ2v) is 7.86. The summed E-state index contributed by atoms with van der Waals surface area (Å²) >= 11 is 0. The standard InChI is InChI=1S/C25H27N3O2/c1-4-12-28-24(29)22(21-11-10-18(2)17-19(21)3)23(25(28)30)27-15-13-26(14-16-27)20-8-6-5-7-9-20/h4-11,17H,1,12-16H2,2-3H3. The highest BCUT2D eigenvalue weighted by atomic mass is 16.2. The molecule has 0 radical (unpaired) electrons. The van der Waals surface area contributed by atoms with Crippen LogP contribution in [0.15, 0.2) is 66.9 Å². The molecule has 0 unspecified atom stereocenters. The van der Waals surface area contributed by atoms with E-state index < -0.39 is 0 Å². The minimum absolute atomic E-state index is 0.219. The number of amides is 2. The lowest BCUT2D eigenvalue weighted by Gasteiger charge is -2.37. The molecule has 0 saturated carbocycles. The Morgan fingerprint density at radius 2 is 1.57 bits per heavy atom. The molecule has 5 heteroatoms. The van der Waals surface area contributed by atoms with Gasteiger partial charge >= 0.3 is 0 Å². The number of benzene rings is 2. The van der Waals surface area contributed by atoms with Crippen LogP contribution in [-0.4, -0.2) is 54.3 Å². The Bertz CT molecular complexity index is 1020. The van der Waals surface area contributed by atoms with Crippen molar-refractivity contribution in [3.05, 3.63) is 83.6 Å². The second-order valence-electron chi connectivity index (χ2n) is 7.86. The normalized spacial score (nSPS) is 17.2. The van der Waals surface area contributed by atoms with E-state index in [1.54, 1.807) is 6.08 Å². The first kappa shape index (κ1) is 20.0. The quantitative estimate of drug-likeness (QED) is 0.569. The molecule has 0 aliphatic carbocycles. The maximum absolute atomic E-state index is 13.3. The zero-order valence-electron chi connectivity index (χ0n) is 17.6. The molecule has 2 amide bonds. The van der Waals surface area contributed by atoms with Gasteiger partial charge in [-0.3, -0.25) is 14.5 Å². The van der Waals surface area contributed by atoms with E-state index in [2.05, 4.69) is 34.6 Å². The average molecular weight is 402 g/mol. The molecule has 0 spiro atoms. The molecule has 1 saturated heterocycles.